The second kappa shape index (κ2) is 7.52. The maximum absolute atomic E-state index is 13.4. The zero-order chi connectivity index (χ0) is 18.7. The fourth-order valence-corrected chi connectivity index (χ4v) is 3.02. The van der Waals surface area contributed by atoms with Crippen LogP contribution in [0, 0.1) is 0 Å². The van der Waals surface area contributed by atoms with Crippen LogP contribution in [0.15, 0.2) is 59.4 Å². The Morgan fingerprint density at radius 1 is 1.08 bits per heavy atom. The second-order valence-electron chi connectivity index (χ2n) is 6.50. The standard InChI is InChI=1S/C21H23N3O2/c1-4-15(2)24(14-16-10-6-5-7-11-16)21(26)19-17-12-8-9-13-18(17)20(25)23(3)22-19/h5-13,15H,4,14H2,1-3H3. The van der Waals surface area contributed by atoms with E-state index in [9.17, 15) is 9.59 Å². The summed E-state index contributed by atoms with van der Waals surface area (Å²) in [7, 11) is 1.58. The molecule has 5 heteroatoms. The second-order valence-corrected chi connectivity index (χ2v) is 6.50. The predicted molar refractivity (Wildman–Crippen MR) is 103 cm³/mol. The van der Waals surface area contributed by atoms with Crippen LogP contribution in [0.3, 0.4) is 0 Å². The van der Waals surface area contributed by atoms with Gasteiger partial charge in [0.1, 0.15) is 0 Å². The number of aryl methyl sites for hydroxylation is 1. The Labute approximate surface area is 152 Å². The zero-order valence-electron chi connectivity index (χ0n) is 15.3. The summed E-state index contributed by atoms with van der Waals surface area (Å²) in [5.74, 6) is -0.157. The van der Waals surface area contributed by atoms with Crippen LogP contribution in [0.5, 0.6) is 0 Å². The Bertz CT molecular complexity index is 979. The van der Waals surface area contributed by atoms with E-state index < -0.39 is 0 Å². The lowest BCUT2D eigenvalue weighted by Gasteiger charge is -2.29. The SMILES string of the molecule is CCC(C)N(Cc1ccccc1)C(=O)c1nn(C)c(=O)c2ccccc12. The fraction of sp³-hybridized carbons (Fsp3) is 0.286. The first kappa shape index (κ1) is 17.9. The molecule has 1 heterocycles. The molecule has 134 valence electrons. The summed E-state index contributed by atoms with van der Waals surface area (Å²) in [5, 5.41) is 5.40. The Balaban J connectivity index is 2.09. The molecule has 0 aliphatic carbocycles. The number of hydrogen-bond acceptors (Lipinski definition) is 3. The van der Waals surface area contributed by atoms with Gasteiger partial charge in [-0.25, -0.2) is 4.68 Å². The highest BCUT2D eigenvalue weighted by atomic mass is 16.2. The predicted octanol–water partition coefficient (Wildman–Crippen LogP) is 3.37. The van der Waals surface area contributed by atoms with Crippen LogP contribution in [0.4, 0.5) is 0 Å². The number of carbonyl (C=O) groups is 1. The molecule has 0 saturated heterocycles. The number of carbonyl (C=O) groups excluding carboxylic acids is 1. The maximum Gasteiger partial charge on any atom is 0.275 e. The van der Waals surface area contributed by atoms with E-state index in [4.69, 9.17) is 0 Å². The average molecular weight is 349 g/mol. The molecule has 0 aliphatic heterocycles. The summed E-state index contributed by atoms with van der Waals surface area (Å²) >= 11 is 0. The van der Waals surface area contributed by atoms with Crippen molar-refractivity contribution in [2.24, 2.45) is 7.05 Å². The van der Waals surface area contributed by atoms with E-state index in [2.05, 4.69) is 12.0 Å². The normalized spacial score (nSPS) is 12.1. The highest BCUT2D eigenvalue weighted by molar-refractivity contribution is 6.04. The molecule has 1 atom stereocenters. The summed E-state index contributed by atoms with van der Waals surface area (Å²) in [6.07, 6.45) is 0.836. The Hall–Kier alpha value is -2.95. The van der Waals surface area contributed by atoms with Crippen LogP contribution in [0.2, 0.25) is 0 Å². The summed E-state index contributed by atoms with van der Waals surface area (Å²) in [4.78, 5) is 27.5. The van der Waals surface area contributed by atoms with E-state index in [1.807, 2.05) is 48.2 Å². The molecular weight excluding hydrogens is 326 g/mol. The van der Waals surface area contributed by atoms with E-state index in [0.717, 1.165) is 12.0 Å². The minimum Gasteiger partial charge on any atom is -0.330 e. The first-order chi connectivity index (χ1) is 12.5. The third-order valence-corrected chi connectivity index (χ3v) is 4.74. The van der Waals surface area contributed by atoms with Gasteiger partial charge in [0.15, 0.2) is 5.69 Å². The Morgan fingerprint density at radius 2 is 1.69 bits per heavy atom. The quantitative estimate of drug-likeness (QED) is 0.710. The molecule has 3 aromatic rings. The van der Waals surface area contributed by atoms with Crippen molar-refractivity contribution in [1.82, 2.24) is 14.7 Å². The van der Waals surface area contributed by atoms with E-state index in [1.165, 1.54) is 4.68 Å². The third kappa shape index (κ3) is 3.38. The molecular formula is C21H23N3O2. The van der Waals surface area contributed by atoms with Gasteiger partial charge in [-0.05, 0) is 25.0 Å². The lowest BCUT2D eigenvalue weighted by Crippen LogP contribution is -2.39. The number of fused-ring (bicyclic) bond motifs is 1. The highest BCUT2D eigenvalue weighted by Crippen LogP contribution is 2.19. The first-order valence-electron chi connectivity index (χ1n) is 8.84. The van der Waals surface area contributed by atoms with Gasteiger partial charge in [-0.3, -0.25) is 9.59 Å². The lowest BCUT2D eigenvalue weighted by molar-refractivity contribution is 0.0665. The van der Waals surface area contributed by atoms with Gasteiger partial charge < -0.3 is 4.90 Å². The van der Waals surface area contributed by atoms with Crippen LogP contribution in [0.1, 0.15) is 36.3 Å². The van der Waals surface area contributed by atoms with Gasteiger partial charge in [0.2, 0.25) is 0 Å². The zero-order valence-corrected chi connectivity index (χ0v) is 15.3. The molecule has 0 bridgehead atoms. The summed E-state index contributed by atoms with van der Waals surface area (Å²) in [5.41, 5.74) is 1.18. The molecule has 0 spiro atoms. The number of benzene rings is 2. The van der Waals surface area contributed by atoms with Crippen molar-refractivity contribution in [2.45, 2.75) is 32.9 Å². The van der Waals surface area contributed by atoms with Gasteiger partial charge >= 0.3 is 0 Å². The van der Waals surface area contributed by atoms with E-state index >= 15 is 0 Å². The van der Waals surface area contributed by atoms with Gasteiger partial charge in [-0.15, -0.1) is 0 Å². The molecule has 2 aromatic carbocycles. The highest BCUT2D eigenvalue weighted by Gasteiger charge is 2.25. The van der Waals surface area contributed by atoms with Crippen molar-refractivity contribution in [3.8, 4) is 0 Å². The molecule has 0 saturated carbocycles. The first-order valence-corrected chi connectivity index (χ1v) is 8.84. The molecule has 1 amide bonds. The number of nitrogens with zero attached hydrogens (tertiary/aromatic N) is 3. The van der Waals surface area contributed by atoms with Crippen LogP contribution in [-0.2, 0) is 13.6 Å². The minimum atomic E-state index is -0.199. The van der Waals surface area contributed by atoms with Gasteiger partial charge in [-0.2, -0.15) is 5.10 Å². The van der Waals surface area contributed by atoms with E-state index in [0.29, 0.717) is 23.0 Å². The average Bonchev–Trinajstić information content (AvgIpc) is 2.68. The summed E-state index contributed by atoms with van der Waals surface area (Å²) in [6, 6.07) is 17.1. The number of hydrogen-bond donors (Lipinski definition) is 0. The molecule has 0 aliphatic rings. The van der Waals surface area contributed by atoms with Gasteiger partial charge in [0, 0.05) is 25.0 Å². The number of aromatic nitrogens is 2. The topological polar surface area (TPSA) is 55.2 Å². The molecule has 5 nitrogen and oxygen atoms in total. The molecule has 1 unspecified atom stereocenters. The molecule has 26 heavy (non-hydrogen) atoms. The van der Waals surface area contributed by atoms with Crippen molar-refractivity contribution in [3.05, 3.63) is 76.2 Å². The van der Waals surface area contributed by atoms with Crippen molar-refractivity contribution in [1.29, 1.82) is 0 Å². The fourth-order valence-electron chi connectivity index (χ4n) is 3.02. The van der Waals surface area contributed by atoms with Gasteiger partial charge in [-0.1, -0.05) is 55.5 Å². The Morgan fingerprint density at radius 3 is 2.35 bits per heavy atom. The van der Waals surface area contributed by atoms with Crippen molar-refractivity contribution >= 4 is 16.7 Å². The van der Waals surface area contributed by atoms with E-state index in [1.54, 1.807) is 25.2 Å². The third-order valence-electron chi connectivity index (χ3n) is 4.74. The lowest BCUT2D eigenvalue weighted by atomic mass is 10.1. The number of amides is 1. The minimum absolute atomic E-state index is 0.0560. The molecule has 0 radical (unpaired) electrons. The summed E-state index contributed by atoms with van der Waals surface area (Å²) in [6.45, 7) is 4.60. The van der Waals surface area contributed by atoms with Crippen LogP contribution >= 0.6 is 0 Å². The molecule has 0 N–H and O–H groups in total. The van der Waals surface area contributed by atoms with Crippen molar-refractivity contribution in [2.75, 3.05) is 0 Å². The smallest absolute Gasteiger partial charge is 0.275 e. The number of rotatable bonds is 5. The van der Waals surface area contributed by atoms with Gasteiger partial charge in [0.05, 0.1) is 5.39 Å². The van der Waals surface area contributed by atoms with Crippen LogP contribution in [0.25, 0.3) is 10.8 Å². The summed E-state index contributed by atoms with van der Waals surface area (Å²) < 4.78 is 1.24. The monoisotopic (exact) mass is 349 g/mol. The molecule has 1 aromatic heterocycles. The van der Waals surface area contributed by atoms with Gasteiger partial charge in [0.25, 0.3) is 11.5 Å². The van der Waals surface area contributed by atoms with Crippen LogP contribution in [-0.4, -0.2) is 26.6 Å². The Kier molecular flexibility index (Phi) is 5.16. The van der Waals surface area contributed by atoms with E-state index in [-0.39, 0.29) is 17.5 Å². The molecule has 3 rings (SSSR count). The molecule has 0 fully saturated rings. The maximum atomic E-state index is 13.4. The largest absolute Gasteiger partial charge is 0.330 e. The van der Waals surface area contributed by atoms with Crippen molar-refractivity contribution in [3.63, 3.8) is 0 Å². The van der Waals surface area contributed by atoms with Crippen molar-refractivity contribution < 1.29 is 4.79 Å². The van der Waals surface area contributed by atoms with Crippen LogP contribution < -0.4 is 5.56 Å².